The lowest BCUT2D eigenvalue weighted by atomic mass is 10.0. The molecule has 7 nitrogen and oxygen atoms in total. The van der Waals surface area contributed by atoms with Crippen LogP contribution >= 0.6 is 15.9 Å². The molecule has 0 spiro atoms. The van der Waals surface area contributed by atoms with Gasteiger partial charge in [0.25, 0.3) is 0 Å². The summed E-state index contributed by atoms with van der Waals surface area (Å²) in [5, 5.41) is 11.2. The average Bonchev–Trinajstić information content (AvgIpc) is 2.36. The Hall–Kier alpha value is -1.38. The Labute approximate surface area is 112 Å². The number of nitro benzene ring substituents is 1. The zero-order valence-electron chi connectivity index (χ0n) is 9.97. The van der Waals surface area contributed by atoms with Crippen LogP contribution < -0.4 is 20.9 Å². The standard InChI is InChI=1S/C10H14BrN3O4/c1-17-7-3-5(11)8(6(13)4-12)9(14(15)16)10(7)18-2/h3,6H,4,12-13H2,1-2H3/t6-/m1/s1. The van der Waals surface area contributed by atoms with Crippen LogP contribution in [0, 0.1) is 10.1 Å². The highest BCUT2D eigenvalue weighted by Gasteiger charge is 2.30. The smallest absolute Gasteiger partial charge is 0.320 e. The van der Waals surface area contributed by atoms with Crippen molar-refractivity contribution in [3.8, 4) is 11.5 Å². The van der Waals surface area contributed by atoms with Crippen molar-refractivity contribution in [2.24, 2.45) is 11.5 Å². The van der Waals surface area contributed by atoms with Crippen LogP contribution in [0.4, 0.5) is 5.69 Å². The second-order valence-corrected chi connectivity index (χ2v) is 4.31. The van der Waals surface area contributed by atoms with Gasteiger partial charge in [-0.1, -0.05) is 15.9 Å². The lowest BCUT2D eigenvalue weighted by Crippen LogP contribution is -2.22. The summed E-state index contributed by atoms with van der Waals surface area (Å²) in [4.78, 5) is 10.6. The molecule has 0 fully saturated rings. The molecule has 0 radical (unpaired) electrons. The predicted molar refractivity (Wildman–Crippen MR) is 69.9 cm³/mol. The fraction of sp³-hybridized carbons (Fsp3) is 0.400. The molecule has 0 aliphatic heterocycles. The van der Waals surface area contributed by atoms with Crippen molar-refractivity contribution in [1.82, 2.24) is 0 Å². The van der Waals surface area contributed by atoms with Gasteiger partial charge in [0.1, 0.15) is 0 Å². The van der Waals surface area contributed by atoms with E-state index in [1.807, 2.05) is 0 Å². The van der Waals surface area contributed by atoms with E-state index in [0.717, 1.165) is 0 Å². The van der Waals surface area contributed by atoms with E-state index in [9.17, 15) is 10.1 Å². The molecular weight excluding hydrogens is 306 g/mol. The molecule has 1 aromatic rings. The first-order chi connectivity index (χ1) is 8.47. The summed E-state index contributed by atoms with van der Waals surface area (Å²) in [6.45, 7) is 0.0783. The number of rotatable bonds is 5. The fourth-order valence-electron chi connectivity index (χ4n) is 1.61. The summed E-state index contributed by atoms with van der Waals surface area (Å²) in [6, 6.07) is 0.899. The molecule has 0 heterocycles. The van der Waals surface area contributed by atoms with E-state index in [1.165, 1.54) is 14.2 Å². The molecule has 0 aliphatic rings. The molecule has 0 saturated heterocycles. The normalized spacial score (nSPS) is 12.1. The Morgan fingerprint density at radius 1 is 1.50 bits per heavy atom. The van der Waals surface area contributed by atoms with E-state index in [2.05, 4.69) is 15.9 Å². The van der Waals surface area contributed by atoms with E-state index in [0.29, 0.717) is 10.0 Å². The molecule has 0 bridgehead atoms. The van der Waals surface area contributed by atoms with E-state index in [-0.39, 0.29) is 23.7 Å². The number of nitro groups is 1. The third-order valence-corrected chi connectivity index (χ3v) is 3.10. The fourth-order valence-corrected chi connectivity index (χ4v) is 2.30. The van der Waals surface area contributed by atoms with Crippen LogP contribution in [0.25, 0.3) is 0 Å². The van der Waals surface area contributed by atoms with Crippen molar-refractivity contribution in [3.63, 3.8) is 0 Å². The number of ether oxygens (including phenoxy) is 2. The van der Waals surface area contributed by atoms with Gasteiger partial charge in [0, 0.05) is 11.0 Å². The van der Waals surface area contributed by atoms with Crippen LogP contribution in [-0.2, 0) is 0 Å². The summed E-state index contributed by atoms with van der Waals surface area (Å²) >= 11 is 3.24. The number of nitrogens with zero attached hydrogens (tertiary/aromatic N) is 1. The second kappa shape index (κ2) is 5.98. The minimum absolute atomic E-state index is 0.0320. The SMILES string of the molecule is COc1cc(Br)c([C@H](N)CN)c([N+](=O)[O-])c1OC. The highest BCUT2D eigenvalue weighted by Crippen LogP contribution is 2.45. The molecule has 1 rings (SSSR count). The number of benzene rings is 1. The van der Waals surface area contributed by atoms with Gasteiger partial charge in [0.2, 0.25) is 5.75 Å². The number of halogens is 1. The summed E-state index contributed by atoms with van der Waals surface area (Å²) in [7, 11) is 2.73. The first-order valence-corrected chi connectivity index (χ1v) is 5.81. The molecule has 4 N–H and O–H groups in total. The molecule has 0 saturated carbocycles. The minimum Gasteiger partial charge on any atom is -0.493 e. The maximum Gasteiger partial charge on any atom is 0.320 e. The van der Waals surface area contributed by atoms with Crippen molar-refractivity contribution >= 4 is 21.6 Å². The zero-order chi connectivity index (χ0) is 13.9. The molecule has 0 unspecified atom stereocenters. The molecule has 0 amide bonds. The molecular formula is C10H14BrN3O4. The van der Waals surface area contributed by atoms with Gasteiger partial charge in [-0.15, -0.1) is 0 Å². The third kappa shape index (κ3) is 2.55. The van der Waals surface area contributed by atoms with Crippen LogP contribution in [0.5, 0.6) is 11.5 Å². The van der Waals surface area contributed by atoms with Gasteiger partial charge in [-0.2, -0.15) is 0 Å². The van der Waals surface area contributed by atoms with Gasteiger partial charge < -0.3 is 20.9 Å². The molecule has 18 heavy (non-hydrogen) atoms. The topological polar surface area (TPSA) is 114 Å². The van der Waals surface area contributed by atoms with Crippen molar-refractivity contribution in [1.29, 1.82) is 0 Å². The van der Waals surface area contributed by atoms with Gasteiger partial charge in [-0.3, -0.25) is 10.1 Å². The van der Waals surface area contributed by atoms with Gasteiger partial charge in [0.05, 0.1) is 30.7 Å². The van der Waals surface area contributed by atoms with Crippen molar-refractivity contribution < 1.29 is 14.4 Å². The molecule has 1 aromatic carbocycles. The molecule has 0 aliphatic carbocycles. The largest absolute Gasteiger partial charge is 0.493 e. The second-order valence-electron chi connectivity index (χ2n) is 3.46. The Bertz CT molecular complexity index is 467. The van der Waals surface area contributed by atoms with Gasteiger partial charge in [-0.05, 0) is 6.07 Å². The van der Waals surface area contributed by atoms with E-state index >= 15 is 0 Å². The first-order valence-electron chi connectivity index (χ1n) is 5.02. The Morgan fingerprint density at radius 3 is 2.50 bits per heavy atom. The number of hydrogen-bond donors (Lipinski definition) is 2. The molecule has 100 valence electrons. The minimum atomic E-state index is -0.667. The maximum atomic E-state index is 11.2. The molecule has 1 atom stereocenters. The molecule has 8 heteroatoms. The Morgan fingerprint density at radius 2 is 2.11 bits per heavy atom. The number of methoxy groups -OCH3 is 2. The first kappa shape index (κ1) is 14.7. The Balaban J connectivity index is 3.64. The van der Waals surface area contributed by atoms with Gasteiger partial charge in [-0.25, -0.2) is 0 Å². The van der Waals surface area contributed by atoms with Crippen molar-refractivity contribution in [2.45, 2.75) is 6.04 Å². The number of hydrogen-bond acceptors (Lipinski definition) is 6. The summed E-state index contributed by atoms with van der Waals surface area (Å²) < 4.78 is 10.5. The molecule has 0 aromatic heterocycles. The van der Waals surface area contributed by atoms with Gasteiger partial charge >= 0.3 is 5.69 Å². The number of nitrogens with two attached hydrogens (primary N) is 2. The summed E-state index contributed by atoms with van der Waals surface area (Å²) in [5.74, 6) is 0.286. The van der Waals surface area contributed by atoms with Gasteiger partial charge in [0.15, 0.2) is 5.75 Å². The highest BCUT2D eigenvalue weighted by molar-refractivity contribution is 9.10. The monoisotopic (exact) mass is 319 g/mol. The Kier molecular flexibility index (Phi) is 4.88. The lowest BCUT2D eigenvalue weighted by molar-refractivity contribution is -0.386. The summed E-state index contributed by atoms with van der Waals surface area (Å²) in [6.07, 6.45) is 0. The third-order valence-electron chi connectivity index (χ3n) is 2.44. The maximum absolute atomic E-state index is 11.2. The van der Waals surface area contributed by atoms with Crippen LogP contribution in [0.2, 0.25) is 0 Å². The van der Waals surface area contributed by atoms with Crippen molar-refractivity contribution in [2.75, 3.05) is 20.8 Å². The van der Waals surface area contributed by atoms with E-state index in [4.69, 9.17) is 20.9 Å². The highest BCUT2D eigenvalue weighted by atomic mass is 79.9. The van der Waals surface area contributed by atoms with Crippen LogP contribution in [0.3, 0.4) is 0 Å². The summed E-state index contributed by atoms with van der Waals surface area (Å²) in [5.41, 5.74) is 11.3. The van der Waals surface area contributed by atoms with E-state index < -0.39 is 11.0 Å². The van der Waals surface area contributed by atoms with Crippen molar-refractivity contribution in [3.05, 3.63) is 26.2 Å². The lowest BCUT2D eigenvalue weighted by Gasteiger charge is -2.16. The quantitative estimate of drug-likeness (QED) is 0.625. The zero-order valence-corrected chi connectivity index (χ0v) is 11.6. The average molecular weight is 320 g/mol. The van der Waals surface area contributed by atoms with Crippen LogP contribution in [0.1, 0.15) is 11.6 Å². The van der Waals surface area contributed by atoms with E-state index in [1.54, 1.807) is 6.07 Å². The predicted octanol–water partition coefficient (Wildman–Crippen LogP) is 1.33. The van der Waals surface area contributed by atoms with Crippen LogP contribution in [0.15, 0.2) is 10.5 Å². The van der Waals surface area contributed by atoms with Crippen LogP contribution in [-0.4, -0.2) is 25.7 Å².